The predicted molar refractivity (Wildman–Crippen MR) is 78.6 cm³/mol. The van der Waals surface area contributed by atoms with Gasteiger partial charge in [-0.2, -0.15) is 11.3 Å². The van der Waals surface area contributed by atoms with Crippen LogP contribution in [0.3, 0.4) is 0 Å². The minimum absolute atomic E-state index is 0.161. The van der Waals surface area contributed by atoms with Crippen molar-refractivity contribution in [3.05, 3.63) is 58.3 Å². The first-order valence-electron chi connectivity index (χ1n) is 6.38. The van der Waals surface area contributed by atoms with Gasteiger partial charge in [0, 0.05) is 12.6 Å². The number of rotatable bonds is 7. The average molecular weight is 260 g/mol. The third-order valence-corrected chi connectivity index (χ3v) is 3.74. The van der Waals surface area contributed by atoms with Gasteiger partial charge < -0.3 is 11.1 Å². The van der Waals surface area contributed by atoms with Crippen LogP contribution in [0.5, 0.6) is 0 Å². The van der Waals surface area contributed by atoms with Crippen molar-refractivity contribution in [3.8, 4) is 0 Å². The molecule has 1 aromatic carbocycles. The molecule has 96 valence electrons. The lowest BCUT2D eigenvalue weighted by molar-refractivity contribution is 0.566. The van der Waals surface area contributed by atoms with E-state index in [1.54, 1.807) is 11.3 Å². The molecular weight excluding hydrogens is 240 g/mol. The van der Waals surface area contributed by atoms with Crippen molar-refractivity contribution in [1.29, 1.82) is 0 Å². The molecule has 1 heterocycles. The van der Waals surface area contributed by atoms with Crippen molar-refractivity contribution in [2.75, 3.05) is 6.54 Å². The fourth-order valence-electron chi connectivity index (χ4n) is 1.94. The van der Waals surface area contributed by atoms with E-state index in [1.165, 1.54) is 11.1 Å². The Morgan fingerprint density at radius 3 is 2.72 bits per heavy atom. The maximum absolute atomic E-state index is 6.15. The number of hydrogen-bond donors (Lipinski definition) is 2. The summed E-state index contributed by atoms with van der Waals surface area (Å²) in [7, 11) is 0. The summed E-state index contributed by atoms with van der Waals surface area (Å²) in [6.07, 6.45) is 2.14. The Balaban J connectivity index is 1.61. The Hall–Kier alpha value is -1.16. The van der Waals surface area contributed by atoms with Crippen LogP contribution in [0.1, 0.15) is 30.0 Å². The molecule has 1 atom stereocenters. The second-order valence-electron chi connectivity index (χ2n) is 4.47. The molecule has 0 spiro atoms. The number of benzene rings is 1. The zero-order chi connectivity index (χ0) is 12.6. The lowest BCUT2D eigenvalue weighted by Crippen LogP contribution is -2.17. The minimum atomic E-state index is 0.161. The lowest BCUT2D eigenvalue weighted by Gasteiger charge is -2.11. The molecule has 0 saturated carbocycles. The van der Waals surface area contributed by atoms with Gasteiger partial charge in [0.1, 0.15) is 0 Å². The normalized spacial score (nSPS) is 12.5. The summed E-state index contributed by atoms with van der Waals surface area (Å²) in [5.74, 6) is 0. The minimum Gasteiger partial charge on any atom is -0.324 e. The molecule has 0 bridgehead atoms. The van der Waals surface area contributed by atoms with Gasteiger partial charge in [-0.3, -0.25) is 0 Å². The second kappa shape index (κ2) is 7.31. The number of nitrogens with one attached hydrogen (secondary N) is 1. The molecule has 3 N–H and O–H groups in total. The lowest BCUT2D eigenvalue weighted by atomic mass is 10.0. The third kappa shape index (κ3) is 4.26. The average Bonchev–Trinajstić information content (AvgIpc) is 2.92. The topological polar surface area (TPSA) is 38.0 Å². The SMILES string of the molecule is NC(CCCNCc1ccsc1)c1ccccc1. The largest absolute Gasteiger partial charge is 0.324 e. The van der Waals surface area contributed by atoms with E-state index in [1.807, 2.05) is 18.2 Å². The van der Waals surface area contributed by atoms with E-state index in [4.69, 9.17) is 5.73 Å². The van der Waals surface area contributed by atoms with Crippen LogP contribution in [0, 0.1) is 0 Å². The van der Waals surface area contributed by atoms with Gasteiger partial charge in [0.25, 0.3) is 0 Å². The van der Waals surface area contributed by atoms with Gasteiger partial charge in [0.2, 0.25) is 0 Å². The summed E-state index contributed by atoms with van der Waals surface area (Å²) in [6, 6.07) is 12.6. The molecular formula is C15H20N2S. The van der Waals surface area contributed by atoms with E-state index in [0.29, 0.717) is 0 Å². The summed E-state index contributed by atoms with van der Waals surface area (Å²) in [6.45, 7) is 1.99. The Labute approximate surface area is 113 Å². The molecule has 2 aromatic rings. The molecule has 0 aliphatic rings. The van der Waals surface area contributed by atoms with E-state index in [0.717, 1.165) is 25.9 Å². The zero-order valence-corrected chi connectivity index (χ0v) is 11.3. The van der Waals surface area contributed by atoms with Crippen LogP contribution in [-0.4, -0.2) is 6.54 Å². The third-order valence-electron chi connectivity index (χ3n) is 3.01. The first kappa shape index (κ1) is 13.3. The second-order valence-corrected chi connectivity index (χ2v) is 5.25. The highest BCUT2D eigenvalue weighted by Gasteiger charge is 2.04. The summed E-state index contributed by atoms with van der Waals surface area (Å²) < 4.78 is 0. The van der Waals surface area contributed by atoms with Gasteiger partial charge in [0.05, 0.1) is 0 Å². The summed E-state index contributed by atoms with van der Waals surface area (Å²) in [5, 5.41) is 7.74. The molecule has 3 heteroatoms. The molecule has 18 heavy (non-hydrogen) atoms. The Morgan fingerprint density at radius 2 is 2.00 bits per heavy atom. The van der Waals surface area contributed by atoms with Crippen molar-refractivity contribution >= 4 is 11.3 Å². The van der Waals surface area contributed by atoms with Crippen molar-refractivity contribution < 1.29 is 0 Å². The molecule has 0 amide bonds. The predicted octanol–water partition coefficient (Wildman–Crippen LogP) is 3.32. The Morgan fingerprint density at radius 1 is 1.17 bits per heavy atom. The van der Waals surface area contributed by atoms with Crippen LogP contribution in [0.15, 0.2) is 47.2 Å². The van der Waals surface area contributed by atoms with E-state index >= 15 is 0 Å². The van der Waals surface area contributed by atoms with Crippen LogP contribution in [-0.2, 0) is 6.54 Å². The van der Waals surface area contributed by atoms with Crippen LogP contribution in [0.2, 0.25) is 0 Å². The molecule has 0 fully saturated rings. The zero-order valence-electron chi connectivity index (χ0n) is 10.5. The molecule has 0 radical (unpaired) electrons. The fourth-order valence-corrected chi connectivity index (χ4v) is 2.61. The smallest absolute Gasteiger partial charge is 0.0295 e. The van der Waals surface area contributed by atoms with E-state index in [9.17, 15) is 0 Å². The summed E-state index contributed by atoms with van der Waals surface area (Å²) in [4.78, 5) is 0. The monoisotopic (exact) mass is 260 g/mol. The summed E-state index contributed by atoms with van der Waals surface area (Å²) in [5.41, 5.74) is 8.75. The van der Waals surface area contributed by atoms with Crippen molar-refractivity contribution in [1.82, 2.24) is 5.32 Å². The van der Waals surface area contributed by atoms with Crippen LogP contribution >= 0.6 is 11.3 Å². The van der Waals surface area contributed by atoms with Gasteiger partial charge in [-0.05, 0) is 47.3 Å². The Kier molecular flexibility index (Phi) is 5.39. The highest BCUT2D eigenvalue weighted by atomic mass is 32.1. The molecule has 1 unspecified atom stereocenters. The van der Waals surface area contributed by atoms with Gasteiger partial charge in [-0.25, -0.2) is 0 Å². The summed E-state index contributed by atoms with van der Waals surface area (Å²) >= 11 is 1.75. The standard InChI is InChI=1S/C15H20N2S/c16-15(14-5-2-1-3-6-14)7-4-9-17-11-13-8-10-18-12-13/h1-3,5-6,8,10,12,15,17H,4,7,9,11,16H2. The maximum atomic E-state index is 6.15. The molecule has 0 aliphatic heterocycles. The van der Waals surface area contributed by atoms with Gasteiger partial charge in [0.15, 0.2) is 0 Å². The van der Waals surface area contributed by atoms with E-state index < -0.39 is 0 Å². The first-order valence-corrected chi connectivity index (χ1v) is 7.33. The number of hydrogen-bond acceptors (Lipinski definition) is 3. The van der Waals surface area contributed by atoms with Crippen molar-refractivity contribution in [2.45, 2.75) is 25.4 Å². The van der Waals surface area contributed by atoms with Gasteiger partial charge in [-0.15, -0.1) is 0 Å². The quantitative estimate of drug-likeness (QED) is 0.749. The highest BCUT2D eigenvalue weighted by molar-refractivity contribution is 7.07. The first-order chi connectivity index (χ1) is 8.86. The maximum Gasteiger partial charge on any atom is 0.0295 e. The number of nitrogens with two attached hydrogens (primary N) is 1. The molecule has 1 aromatic heterocycles. The molecule has 0 saturated heterocycles. The van der Waals surface area contributed by atoms with Gasteiger partial charge in [-0.1, -0.05) is 30.3 Å². The van der Waals surface area contributed by atoms with Crippen LogP contribution in [0.25, 0.3) is 0 Å². The molecule has 2 rings (SSSR count). The van der Waals surface area contributed by atoms with E-state index in [2.05, 4.69) is 34.3 Å². The van der Waals surface area contributed by atoms with E-state index in [-0.39, 0.29) is 6.04 Å². The highest BCUT2D eigenvalue weighted by Crippen LogP contribution is 2.14. The van der Waals surface area contributed by atoms with Crippen molar-refractivity contribution in [3.63, 3.8) is 0 Å². The van der Waals surface area contributed by atoms with Gasteiger partial charge >= 0.3 is 0 Å². The molecule has 2 nitrogen and oxygen atoms in total. The number of thiophene rings is 1. The fraction of sp³-hybridized carbons (Fsp3) is 0.333. The van der Waals surface area contributed by atoms with Crippen LogP contribution < -0.4 is 11.1 Å². The van der Waals surface area contributed by atoms with Crippen LogP contribution in [0.4, 0.5) is 0 Å². The van der Waals surface area contributed by atoms with Crippen molar-refractivity contribution in [2.24, 2.45) is 5.73 Å². The Bertz CT molecular complexity index is 425. The molecule has 0 aliphatic carbocycles.